The van der Waals surface area contributed by atoms with Gasteiger partial charge in [0, 0.05) is 41.9 Å². The minimum atomic E-state index is -0.318. The number of ether oxygens (including phenoxy) is 1. The van der Waals surface area contributed by atoms with Crippen molar-refractivity contribution in [1.82, 2.24) is 31.0 Å². The lowest BCUT2D eigenvalue weighted by molar-refractivity contribution is -0.129. The van der Waals surface area contributed by atoms with E-state index in [9.17, 15) is 4.79 Å². The average molecular weight is 510 g/mol. The molecule has 3 aromatic heterocycles. The molecule has 4 N–H and O–H groups in total. The molecule has 1 fully saturated rings. The van der Waals surface area contributed by atoms with E-state index in [1.807, 2.05) is 24.4 Å². The topological polar surface area (TPSA) is 128 Å². The predicted octanol–water partition coefficient (Wildman–Crippen LogP) is 3.62. The van der Waals surface area contributed by atoms with Crippen LogP contribution in [-0.4, -0.2) is 64.1 Å². The van der Waals surface area contributed by atoms with Crippen LogP contribution in [0.4, 0.5) is 5.82 Å². The van der Waals surface area contributed by atoms with Crippen LogP contribution in [0.2, 0.25) is 0 Å². The molecule has 5 rings (SSSR count). The number of carbonyl (C=O) groups is 1. The second-order valence-electron chi connectivity index (χ2n) is 8.91. The van der Waals surface area contributed by atoms with Gasteiger partial charge in [0.1, 0.15) is 0 Å². The Morgan fingerprint density at radius 1 is 1.17 bits per heavy atom. The molecule has 1 aliphatic heterocycles. The zero-order valence-corrected chi connectivity index (χ0v) is 20.9. The fraction of sp³-hybridized carbons (Fsp3) is 0.440. The van der Waals surface area contributed by atoms with Crippen LogP contribution < -0.4 is 15.7 Å². The number of hydrogen-bond acceptors (Lipinski definition) is 9. The van der Waals surface area contributed by atoms with Gasteiger partial charge in [0.15, 0.2) is 11.6 Å². The number of aromatic nitrogens is 4. The number of nitrogens with one attached hydrogen (secondary N) is 3. The average Bonchev–Trinajstić information content (AvgIpc) is 3.56. The molecule has 1 aliphatic rings. The second kappa shape index (κ2) is 11.7. The highest BCUT2D eigenvalue weighted by Gasteiger charge is 2.21. The van der Waals surface area contributed by atoms with E-state index in [2.05, 4.69) is 26.5 Å². The highest BCUT2D eigenvalue weighted by Crippen LogP contribution is 2.35. The fourth-order valence-electron chi connectivity index (χ4n) is 4.48. The summed E-state index contributed by atoms with van der Waals surface area (Å²) >= 11 is 1.75. The summed E-state index contributed by atoms with van der Waals surface area (Å²) in [6.45, 7) is 4.71. The molecule has 0 spiro atoms. The van der Waals surface area contributed by atoms with Crippen molar-refractivity contribution in [3.63, 3.8) is 0 Å². The smallest absolute Gasteiger partial charge is 0.243 e. The third-order valence-electron chi connectivity index (χ3n) is 6.37. The summed E-state index contributed by atoms with van der Waals surface area (Å²) < 4.78 is 6.69. The summed E-state index contributed by atoms with van der Waals surface area (Å²) in [5.41, 5.74) is 4.58. The minimum absolute atomic E-state index is 0.318. The molecule has 4 heterocycles. The Hall–Kier alpha value is -3.12. The van der Waals surface area contributed by atoms with Crippen molar-refractivity contribution in [2.24, 2.45) is 0 Å². The molecule has 1 saturated heterocycles. The molecule has 0 saturated carbocycles. The molecule has 0 atom stereocenters. The summed E-state index contributed by atoms with van der Waals surface area (Å²) in [4.78, 5) is 24.6. The number of hydroxylamine groups is 1. The third kappa shape index (κ3) is 5.65. The van der Waals surface area contributed by atoms with E-state index in [-0.39, 0.29) is 5.91 Å². The van der Waals surface area contributed by atoms with Crippen molar-refractivity contribution in [1.29, 1.82) is 0 Å². The summed E-state index contributed by atoms with van der Waals surface area (Å²) in [5.74, 6) is 1.37. The van der Waals surface area contributed by atoms with Crippen molar-refractivity contribution in [3.8, 4) is 11.4 Å². The van der Waals surface area contributed by atoms with E-state index in [0.29, 0.717) is 25.5 Å². The predicted molar refractivity (Wildman–Crippen MR) is 140 cm³/mol. The van der Waals surface area contributed by atoms with Gasteiger partial charge in [-0.3, -0.25) is 15.1 Å². The van der Waals surface area contributed by atoms with Crippen LogP contribution in [0.15, 0.2) is 30.5 Å². The van der Waals surface area contributed by atoms with Crippen molar-refractivity contribution in [3.05, 3.63) is 35.3 Å². The third-order valence-corrected chi connectivity index (χ3v) is 7.49. The number of fused-ring (bicyclic) bond motifs is 2. The monoisotopic (exact) mass is 509 g/mol. The van der Waals surface area contributed by atoms with Crippen LogP contribution in [-0.2, 0) is 16.1 Å². The van der Waals surface area contributed by atoms with Crippen LogP contribution >= 0.6 is 11.3 Å². The minimum Gasteiger partial charge on any atom is -0.378 e. The van der Waals surface area contributed by atoms with Crippen molar-refractivity contribution in [2.75, 3.05) is 37.7 Å². The molecule has 190 valence electrons. The molecule has 1 amide bonds. The van der Waals surface area contributed by atoms with E-state index in [0.717, 1.165) is 84.4 Å². The Balaban J connectivity index is 1.30. The number of H-pyrrole nitrogens is 1. The maximum absolute atomic E-state index is 11.1. The molecule has 1 aromatic carbocycles. The number of morpholine rings is 1. The van der Waals surface area contributed by atoms with Crippen molar-refractivity contribution in [2.45, 2.75) is 38.6 Å². The molecule has 10 nitrogen and oxygen atoms in total. The summed E-state index contributed by atoms with van der Waals surface area (Å²) in [7, 11) is 0. The lowest BCUT2D eigenvalue weighted by Gasteiger charge is -2.28. The number of hydrogen-bond donors (Lipinski definition) is 4. The molecule has 0 bridgehead atoms. The number of anilines is 1. The Morgan fingerprint density at radius 2 is 2.03 bits per heavy atom. The van der Waals surface area contributed by atoms with Crippen LogP contribution in [0, 0.1) is 0 Å². The first kappa shape index (κ1) is 24.6. The Bertz CT molecular complexity index is 1320. The van der Waals surface area contributed by atoms with E-state index in [1.165, 1.54) is 4.88 Å². The summed E-state index contributed by atoms with van der Waals surface area (Å²) in [6, 6.07) is 8.23. The lowest BCUT2D eigenvalue weighted by atomic mass is 10.1. The number of rotatable bonds is 11. The van der Waals surface area contributed by atoms with Gasteiger partial charge in [-0.05, 0) is 31.5 Å². The largest absolute Gasteiger partial charge is 0.378 e. The Labute approximate surface area is 213 Å². The normalized spacial score (nSPS) is 14.1. The fourth-order valence-corrected chi connectivity index (χ4v) is 5.56. The highest BCUT2D eigenvalue weighted by molar-refractivity contribution is 7.19. The van der Waals surface area contributed by atoms with Gasteiger partial charge in [-0.15, -0.1) is 11.3 Å². The number of unbranched alkanes of at least 4 members (excludes halogenated alkanes) is 3. The van der Waals surface area contributed by atoms with Crippen LogP contribution in [0.3, 0.4) is 0 Å². The van der Waals surface area contributed by atoms with E-state index >= 15 is 0 Å². The molecule has 36 heavy (non-hydrogen) atoms. The molecule has 0 unspecified atom stereocenters. The number of nitrogens with zero attached hydrogens (tertiary/aromatic N) is 4. The Kier molecular flexibility index (Phi) is 8.01. The molecule has 0 radical (unpaired) electrons. The van der Waals surface area contributed by atoms with Crippen molar-refractivity contribution < 1.29 is 14.7 Å². The number of thiophene rings is 1. The zero-order chi connectivity index (χ0) is 24.7. The van der Waals surface area contributed by atoms with Gasteiger partial charge in [0.2, 0.25) is 5.91 Å². The standard InChI is InChI=1S/C25H31N7O3S/c33-22(31-34)8-3-1-2-4-9-26-15-17-14-21-23(36-17)25(32-10-12-35-13-11-32)29-24(28-21)18-6-5-7-20-19(18)16-27-30-20/h5-7,14,16,26,34H,1-4,8-13,15H2,(H,27,30)(H,31,33). The number of amides is 1. The lowest BCUT2D eigenvalue weighted by Crippen LogP contribution is -2.36. The number of benzene rings is 1. The van der Waals surface area contributed by atoms with Crippen LogP contribution in [0.5, 0.6) is 0 Å². The maximum atomic E-state index is 11.1. The van der Waals surface area contributed by atoms with Crippen molar-refractivity contribution >= 4 is 44.2 Å². The van der Waals surface area contributed by atoms with Crippen LogP contribution in [0.1, 0.15) is 37.0 Å². The summed E-state index contributed by atoms with van der Waals surface area (Å²) in [6.07, 6.45) is 6.06. The molecular weight excluding hydrogens is 478 g/mol. The number of aromatic amines is 1. The molecular formula is C25H31N7O3S. The molecule has 4 aromatic rings. The quantitative estimate of drug-likeness (QED) is 0.137. The Morgan fingerprint density at radius 3 is 2.89 bits per heavy atom. The second-order valence-corrected chi connectivity index (χ2v) is 10.0. The SMILES string of the molecule is O=C(CCCCCCNCc1cc2nc(-c3cccc4[nH]ncc34)nc(N3CCOCC3)c2s1)NO. The van der Waals surface area contributed by atoms with E-state index in [1.54, 1.807) is 16.8 Å². The van der Waals surface area contributed by atoms with E-state index < -0.39 is 0 Å². The van der Waals surface area contributed by atoms with Gasteiger partial charge in [-0.1, -0.05) is 25.0 Å². The van der Waals surface area contributed by atoms with Gasteiger partial charge in [0.25, 0.3) is 0 Å². The van der Waals surface area contributed by atoms with Gasteiger partial charge in [0.05, 0.1) is 35.1 Å². The van der Waals surface area contributed by atoms with E-state index in [4.69, 9.17) is 19.9 Å². The maximum Gasteiger partial charge on any atom is 0.243 e. The first-order valence-corrected chi connectivity index (χ1v) is 13.2. The molecule has 11 heteroatoms. The van der Waals surface area contributed by atoms with Gasteiger partial charge in [-0.25, -0.2) is 15.4 Å². The van der Waals surface area contributed by atoms with Gasteiger partial charge < -0.3 is 15.0 Å². The van der Waals surface area contributed by atoms with Crippen LogP contribution in [0.25, 0.3) is 32.5 Å². The summed E-state index contributed by atoms with van der Waals surface area (Å²) in [5, 5.41) is 20.3. The number of carbonyl (C=O) groups excluding carboxylic acids is 1. The van der Waals surface area contributed by atoms with Gasteiger partial charge in [-0.2, -0.15) is 5.10 Å². The molecule has 0 aliphatic carbocycles. The zero-order valence-electron chi connectivity index (χ0n) is 20.1. The first-order valence-electron chi connectivity index (χ1n) is 12.4. The first-order chi connectivity index (χ1) is 17.7. The van der Waals surface area contributed by atoms with Gasteiger partial charge >= 0.3 is 0 Å². The highest BCUT2D eigenvalue weighted by atomic mass is 32.1.